The van der Waals surface area contributed by atoms with Crippen molar-refractivity contribution in [2.24, 2.45) is 5.92 Å². The molecule has 2 aliphatic rings. The zero-order valence-electron chi connectivity index (χ0n) is 21.7. The molecule has 0 radical (unpaired) electrons. The number of carbonyl (C=O) groups is 3. The van der Waals surface area contributed by atoms with E-state index in [4.69, 9.17) is 9.47 Å². The summed E-state index contributed by atoms with van der Waals surface area (Å²) >= 11 is 0. The van der Waals surface area contributed by atoms with E-state index >= 15 is 0 Å². The van der Waals surface area contributed by atoms with Crippen molar-refractivity contribution in [2.75, 3.05) is 13.7 Å². The Labute approximate surface area is 205 Å². The van der Waals surface area contributed by atoms with E-state index in [1.165, 1.54) is 76.2 Å². The fourth-order valence-electron chi connectivity index (χ4n) is 5.34. The second-order valence-corrected chi connectivity index (χ2v) is 10.4. The van der Waals surface area contributed by atoms with E-state index in [1.54, 1.807) is 6.92 Å². The molecule has 2 heterocycles. The molecule has 7 heteroatoms. The molecule has 1 N–H and O–H groups in total. The van der Waals surface area contributed by atoms with Crippen LogP contribution in [0.4, 0.5) is 0 Å². The highest BCUT2D eigenvalue weighted by Crippen LogP contribution is 2.37. The molecule has 0 unspecified atom stereocenters. The largest absolute Gasteiger partial charge is 0.467 e. The Morgan fingerprint density at radius 2 is 1.53 bits per heavy atom. The number of methoxy groups -OCH3 is 1. The molecule has 0 aromatic heterocycles. The zero-order chi connectivity index (χ0) is 25.0. The summed E-state index contributed by atoms with van der Waals surface area (Å²) in [6.07, 6.45) is 16.6. The number of likely N-dealkylation sites (tertiary alicyclic amines) is 1. The quantitative estimate of drug-likeness (QED) is 0.234. The van der Waals surface area contributed by atoms with Crippen LogP contribution < -0.4 is 0 Å². The highest BCUT2D eigenvalue weighted by atomic mass is 16.6. The first-order valence-electron chi connectivity index (χ1n) is 13.6. The number of carbonyl (C=O) groups excluding carboxylic acids is 3. The van der Waals surface area contributed by atoms with Crippen molar-refractivity contribution in [3.8, 4) is 0 Å². The fraction of sp³-hybridized carbons (Fsp3) is 0.889. The molecule has 34 heavy (non-hydrogen) atoms. The Morgan fingerprint density at radius 1 is 1.00 bits per heavy atom. The average Bonchev–Trinajstić information content (AvgIpc) is 3.28. The van der Waals surface area contributed by atoms with Gasteiger partial charge in [0, 0.05) is 13.0 Å². The molecule has 1 amide bonds. The lowest BCUT2D eigenvalue weighted by atomic mass is 9.87. The first-order chi connectivity index (χ1) is 16.3. The number of cyclic esters (lactones) is 1. The summed E-state index contributed by atoms with van der Waals surface area (Å²) in [6.45, 7) is 4.02. The van der Waals surface area contributed by atoms with E-state index in [0.717, 1.165) is 19.3 Å². The zero-order valence-corrected chi connectivity index (χ0v) is 21.7. The number of hydrogen-bond donors (Lipinski definition) is 1. The van der Waals surface area contributed by atoms with Crippen LogP contribution in [0, 0.1) is 5.92 Å². The second kappa shape index (κ2) is 14.7. The highest BCUT2D eigenvalue weighted by Gasteiger charge is 2.53. The van der Waals surface area contributed by atoms with Gasteiger partial charge in [-0.3, -0.25) is 9.59 Å². The van der Waals surface area contributed by atoms with Gasteiger partial charge in [0.05, 0.1) is 7.11 Å². The lowest BCUT2D eigenvalue weighted by molar-refractivity contribution is -0.153. The normalized spacial score (nSPS) is 26.8. The van der Waals surface area contributed by atoms with Gasteiger partial charge in [-0.1, -0.05) is 84.0 Å². The summed E-state index contributed by atoms with van der Waals surface area (Å²) in [7, 11) is 1.29. The third kappa shape index (κ3) is 8.24. The van der Waals surface area contributed by atoms with Crippen LogP contribution in [0.2, 0.25) is 0 Å². The minimum Gasteiger partial charge on any atom is -0.467 e. The van der Waals surface area contributed by atoms with Crippen molar-refractivity contribution in [3.63, 3.8) is 0 Å². The van der Waals surface area contributed by atoms with Gasteiger partial charge < -0.3 is 19.5 Å². The van der Waals surface area contributed by atoms with E-state index in [0.29, 0.717) is 12.8 Å². The molecule has 0 aromatic rings. The van der Waals surface area contributed by atoms with Crippen molar-refractivity contribution in [1.82, 2.24) is 4.90 Å². The molecule has 2 saturated heterocycles. The highest BCUT2D eigenvalue weighted by molar-refractivity contribution is 5.88. The van der Waals surface area contributed by atoms with Gasteiger partial charge >= 0.3 is 11.9 Å². The SMILES string of the molecule is CCCCCCCCCCCCCCC[C@@]1(C)OC(=O)[C@H](CN2C(=O)CC[C@H]2C(=O)OC)[C@@H]1O. The van der Waals surface area contributed by atoms with E-state index < -0.39 is 35.6 Å². The first-order valence-corrected chi connectivity index (χ1v) is 13.6. The maximum Gasteiger partial charge on any atom is 0.328 e. The number of hydrogen-bond acceptors (Lipinski definition) is 6. The summed E-state index contributed by atoms with van der Waals surface area (Å²) in [5.41, 5.74) is -0.941. The third-order valence-corrected chi connectivity index (χ3v) is 7.61. The van der Waals surface area contributed by atoms with Gasteiger partial charge in [0.15, 0.2) is 0 Å². The van der Waals surface area contributed by atoms with E-state index in [1.807, 2.05) is 0 Å². The van der Waals surface area contributed by atoms with Crippen LogP contribution in [0.25, 0.3) is 0 Å². The van der Waals surface area contributed by atoms with Crippen molar-refractivity contribution in [3.05, 3.63) is 0 Å². The Hall–Kier alpha value is -1.63. The standard InChI is InChI=1S/C27H47NO6/c1-4-5-6-7-8-9-10-11-12-13-14-15-16-19-27(2)24(30)21(25(31)34-27)20-28-22(26(32)33-3)17-18-23(28)29/h21-22,24,30H,4-20H2,1-3H3/t21-,22+,24+,27-/m1/s1. The number of rotatable bonds is 17. The molecule has 7 nitrogen and oxygen atoms in total. The molecule has 0 aromatic carbocycles. The predicted octanol–water partition coefficient (Wildman–Crippen LogP) is 4.92. The minimum atomic E-state index is -0.996. The van der Waals surface area contributed by atoms with Gasteiger partial charge in [-0.15, -0.1) is 0 Å². The van der Waals surface area contributed by atoms with Crippen molar-refractivity contribution >= 4 is 17.8 Å². The number of esters is 2. The number of aliphatic hydroxyl groups excluding tert-OH is 1. The topological polar surface area (TPSA) is 93.1 Å². The summed E-state index contributed by atoms with van der Waals surface area (Å²) < 4.78 is 10.4. The molecular weight excluding hydrogens is 434 g/mol. The fourth-order valence-corrected chi connectivity index (χ4v) is 5.34. The summed E-state index contributed by atoms with van der Waals surface area (Å²) in [5, 5.41) is 10.9. The van der Waals surface area contributed by atoms with Crippen LogP contribution in [0.5, 0.6) is 0 Å². The van der Waals surface area contributed by atoms with Gasteiger partial charge in [0.25, 0.3) is 0 Å². The molecule has 4 atom stereocenters. The first kappa shape index (κ1) is 28.6. The molecule has 196 valence electrons. The number of nitrogens with zero attached hydrogens (tertiary/aromatic N) is 1. The van der Waals surface area contributed by atoms with Crippen molar-refractivity contribution in [1.29, 1.82) is 0 Å². The van der Waals surface area contributed by atoms with Gasteiger partial charge in [-0.05, 0) is 26.2 Å². The van der Waals surface area contributed by atoms with Crippen molar-refractivity contribution < 1.29 is 29.0 Å². The van der Waals surface area contributed by atoms with Gasteiger partial charge in [0.1, 0.15) is 23.7 Å². The monoisotopic (exact) mass is 481 g/mol. The Balaban J connectivity index is 1.64. The van der Waals surface area contributed by atoms with Gasteiger partial charge in [-0.2, -0.15) is 0 Å². The van der Waals surface area contributed by atoms with Gasteiger partial charge in [0.2, 0.25) is 5.91 Å². The molecule has 0 bridgehead atoms. The van der Waals surface area contributed by atoms with Crippen LogP contribution in [0.15, 0.2) is 0 Å². The smallest absolute Gasteiger partial charge is 0.328 e. The molecular formula is C27H47NO6. The van der Waals surface area contributed by atoms with Crippen LogP contribution in [-0.2, 0) is 23.9 Å². The summed E-state index contributed by atoms with van der Waals surface area (Å²) in [5.74, 6) is -2.00. The summed E-state index contributed by atoms with van der Waals surface area (Å²) in [4.78, 5) is 38.2. The molecule has 2 rings (SSSR count). The minimum absolute atomic E-state index is 0.00715. The second-order valence-electron chi connectivity index (χ2n) is 10.4. The van der Waals surface area contributed by atoms with E-state index in [9.17, 15) is 19.5 Å². The average molecular weight is 482 g/mol. The number of amides is 1. The van der Waals surface area contributed by atoms with E-state index in [-0.39, 0.29) is 18.9 Å². The molecule has 0 saturated carbocycles. The Kier molecular flexibility index (Phi) is 12.4. The number of unbranched alkanes of at least 4 members (excludes halogenated alkanes) is 12. The number of ether oxygens (including phenoxy) is 2. The van der Waals surface area contributed by atoms with Crippen LogP contribution in [-0.4, -0.2) is 59.3 Å². The van der Waals surface area contributed by atoms with Crippen LogP contribution in [0.3, 0.4) is 0 Å². The Morgan fingerprint density at radius 3 is 2.06 bits per heavy atom. The molecule has 0 spiro atoms. The molecule has 2 fully saturated rings. The maximum atomic E-state index is 12.5. The molecule has 2 aliphatic heterocycles. The summed E-state index contributed by atoms with van der Waals surface area (Å²) in [6, 6.07) is -0.689. The molecule has 0 aliphatic carbocycles. The predicted molar refractivity (Wildman–Crippen MR) is 131 cm³/mol. The van der Waals surface area contributed by atoms with Crippen LogP contribution >= 0.6 is 0 Å². The lowest BCUT2D eigenvalue weighted by Gasteiger charge is -2.29. The van der Waals surface area contributed by atoms with Crippen molar-refractivity contribution in [2.45, 2.75) is 134 Å². The maximum absolute atomic E-state index is 12.5. The number of aliphatic hydroxyl groups is 1. The van der Waals surface area contributed by atoms with E-state index in [2.05, 4.69) is 6.92 Å². The third-order valence-electron chi connectivity index (χ3n) is 7.61. The Bertz CT molecular complexity index is 653. The van der Waals surface area contributed by atoms with Gasteiger partial charge in [-0.25, -0.2) is 4.79 Å². The lowest BCUT2D eigenvalue weighted by Crippen LogP contribution is -2.47. The van der Waals surface area contributed by atoms with Crippen LogP contribution in [0.1, 0.15) is 117 Å².